The lowest BCUT2D eigenvalue weighted by atomic mass is 9.78. The Bertz CT molecular complexity index is 5100. The van der Waals surface area contributed by atoms with E-state index in [-0.39, 0.29) is 16.2 Å². The molecule has 0 unspecified atom stereocenters. The minimum absolute atomic E-state index is 0.119. The second-order valence-electron chi connectivity index (χ2n) is 29.4. The number of fused-ring (bicyclic) bond motifs is 15. The molecule has 3 saturated carbocycles. The third-order valence-electron chi connectivity index (χ3n) is 23.2. The van der Waals surface area contributed by atoms with Gasteiger partial charge in [-0.3, -0.25) is 15.0 Å². The molecule has 0 amide bonds. The summed E-state index contributed by atoms with van der Waals surface area (Å²) >= 11 is 0. The SMILES string of the molecule is Cc1ccc(-c2ccc(-c3cc4c(cc3C)C3(CCCC3)c3nc(C)ccc3-4)[n+](C)c2)cc1.Cc1ccc2c(n1)C1(CCCC1)c1cc(C)c(-c3cc(-c4ccccc4)cc[n+]3C)cc1-2.Cc1ccc2c(n1)C1(CCCC1)c1cc(C)c(-c3ccc(-c4ccccc4)c[n+]3C)cc1-2. The number of rotatable bonds is 6. The Balaban J connectivity index is 0.000000114. The molecule has 3 spiro atoms. The summed E-state index contributed by atoms with van der Waals surface area (Å²) in [6.45, 7) is 15.3. The molecule has 6 aliphatic carbocycles. The predicted octanol–water partition coefficient (Wildman–Crippen LogP) is 20.4. The first-order valence-corrected chi connectivity index (χ1v) is 35.7. The van der Waals surface area contributed by atoms with Gasteiger partial charge in [0, 0.05) is 102 Å². The van der Waals surface area contributed by atoms with Gasteiger partial charge in [0.1, 0.15) is 21.1 Å². The molecule has 0 saturated heterocycles. The standard InChI is InChI=1S/C31H31N2.2C30H29N2/c1-20-7-10-23(11-8-20)24-12-14-29(33(4)19-24)26-18-27-25-13-9-22(3)32-30(25)31(15-5-6-16-31)28(27)17-21(26)2;1-20-17-27-26(24-13-11-21(2)31-29(24)30(27)15-7-8-16-30)18-25(20)28-14-12-23(19-32(28)3)22-9-5-4-6-10-22;1-20-17-27-26(24-12-11-21(2)31-29(24)30(27)14-7-8-15-30)19-25(20)28-18-23(13-16-32(28)3)22-9-5-4-6-10-22/h7-14,17-19H,5-6,15-16H2,1-4H3;4-6,9-14,17-19H,7-8,15-16H2,1-3H3;4-6,9-13,16-19H,7-8,14-15H2,1-3H3/q3*+1. The van der Waals surface area contributed by atoms with Crippen LogP contribution in [0.15, 0.2) is 213 Å². The topological polar surface area (TPSA) is 50.3 Å². The quantitative estimate of drug-likeness (QED) is 0.156. The van der Waals surface area contributed by atoms with E-state index in [9.17, 15) is 0 Å². The molecule has 6 aliphatic rings. The summed E-state index contributed by atoms with van der Waals surface area (Å²) in [6, 6.07) is 71.8. The Kier molecular flexibility index (Phi) is 15.6. The van der Waals surface area contributed by atoms with Crippen LogP contribution in [-0.2, 0) is 37.4 Å². The van der Waals surface area contributed by atoms with E-state index in [0.717, 1.165) is 17.1 Å². The molecular weight excluding hydrogens is 1180 g/mol. The molecule has 0 radical (unpaired) electrons. The van der Waals surface area contributed by atoms with Crippen LogP contribution in [0.2, 0.25) is 0 Å². The van der Waals surface area contributed by atoms with Crippen LogP contribution in [0.5, 0.6) is 0 Å². The van der Waals surface area contributed by atoms with Gasteiger partial charge in [-0.2, -0.15) is 0 Å². The van der Waals surface area contributed by atoms with Gasteiger partial charge in [-0.15, -0.1) is 0 Å². The maximum absolute atomic E-state index is 5.10. The van der Waals surface area contributed by atoms with Crippen molar-refractivity contribution in [2.24, 2.45) is 21.1 Å². The van der Waals surface area contributed by atoms with Gasteiger partial charge in [0.15, 0.2) is 18.6 Å². The van der Waals surface area contributed by atoms with Crippen molar-refractivity contribution in [3.63, 3.8) is 0 Å². The van der Waals surface area contributed by atoms with Crippen LogP contribution in [-0.4, -0.2) is 15.0 Å². The van der Waals surface area contributed by atoms with Crippen LogP contribution in [0.4, 0.5) is 0 Å². The molecule has 0 bridgehead atoms. The maximum Gasteiger partial charge on any atom is 0.213 e. The molecule has 6 nitrogen and oxygen atoms in total. The summed E-state index contributed by atoms with van der Waals surface area (Å²) in [5.74, 6) is 0. The molecule has 480 valence electrons. The van der Waals surface area contributed by atoms with Crippen LogP contribution >= 0.6 is 0 Å². The smallest absolute Gasteiger partial charge is 0.213 e. The van der Waals surface area contributed by atoms with E-state index in [0.29, 0.717) is 0 Å². The molecule has 6 heterocycles. The van der Waals surface area contributed by atoms with Gasteiger partial charge < -0.3 is 0 Å². The van der Waals surface area contributed by atoms with Gasteiger partial charge in [-0.25, -0.2) is 13.7 Å². The maximum atomic E-state index is 5.10. The average molecular weight is 1270 g/mol. The predicted molar refractivity (Wildman–Crippen MR) is 396 cm³/mol. The van der Waals surface area contributed by atoms with E-state index >= 15 is 0 Å². The summed E-state index contributed by atoms with van der Waals surface area (Å²) < 4.78 is 6.79. The molecule has 0 atom stereocenters. The van der Waals surface area contributed by atoms with Crippen LogP contribution < -0.4 is 13.7 Å². The molecule has 12 aromatic rings. The molecular formula is C91H89N6+3. The van der Waals surface area contributed by atoms with Gasteiger partial charge in [0.2, 0.25) is 17.1 Å². The first kappa shape index (κ1) is 62.1. The van der Waals surface area contributed by atoms with E-state index in [4.69, 9.17) is 15.0 Å². The van der Waals surface area contributed by atoms with Crippen LogP contribution in [0, 0.1) is 48.5 Å². The third-order valence-corrected chi connectivity index (χ3v) is 23.2. The highest BCUT2D eigenvalue weighted by Crippen LogP contribution is 2.60. The molecule has 97 heavy (non-hydrogen) atoms. The van der Waals surface area contributed by atoms with Crippen molar-refractivity contribution in [2.45, 2.75) is 142 Å². The molecule has 0 aliphatic heterocycles. The van der Waals surface area contributed by atoms with Crippen molar-refractivity contribution in [3.8, 4) is 101 Å². The van der Waals surface area contributed by atoms with Gasteiger partial charge in [-0.1, -0.05) is 165 Å². The van der Waals surface area contributed by atoms with Crippen molar-refractivity contribution in [3.05, 3.63) is 286 Å². The number of benzene rings is 6. The number of aryl methyl sites for hydroxylation is 10. The highest BCUT2D eigenvalue weighted by Gasteiger charge is 2.50. The van der Waals surface area contributed by atoms with Crippen molar-refractivity contribution in [1.82, 2.24) is 15.0 Å². The number of nitrogens with zero attached hydrogens (tertiary/aromatic N) is 6. The lowest BCUT2D eigenvalue weighted by Crippen LogP contribution is -2.31. The van der Waals surface area contributed by atoms with Crippen molar-refractivity contribution >= 4 is 0 Å². The monoisotopic (exact) mass is 1270 g/mol. The van der Waals surface area contributed by atoms with Gasteiger partial charge in [0.05, 0.1) is 17.1 Å². The largest absolute Gasteiger partial charge is 0.257 e. The van der Waals surface area contributed by atoms with Crippen LogP contribution in [0.3, 0.4) is 0 Å². The van der Waals surface area contributed by atoms with Crippen molar-refractivity contribution < 1.29 is 13.7 Å². The highest BCUT2D eigenvalue weighted by atomic mass is 14.9. The fourth-order valence-electron chi connectivity index (χ4n) is 18.2. The molecule has 6 aromatic heterocycles. The first-order valence-electron chi connectivity index (χ1n) is 35.7. The molecule has 6 aromatic carbocycles. The van der Waals surface area contributed by atoms with Gasteiger partial charge in [-0.05, 0) is 208 Å². The first-order chi connectivity index (χ1) is 47.1. The summed E-state index contributed by atoms with van der Waals surface area (Å²) in [4.78, 5) is 15.3. The number of aromatic nitrogens is 6. The van der Waals surface area contributed by atoms with Crippen LogP contribution in [0.25, 0.3) is 101 Å². The zero-order valence-electron chi connectivity index (χ0n) is 58.4. The molecule has 18 rings (SSSR count). The molecule has 3 fully saturated rings. The van der Waals surface area contributed by atoms with E-state index < -0.39 is 0 Å². The summed E-state index contributed by atoms with van der Waals surface area (Å²) in [5.41, 5.74) is 41.0. The number of hydrogen-bond donors (Lipinski definition) is 0. The summed E-state index contributed by atoms with van der Waals surface area (Å²) in [6.07, 6.45) is 21.8. The van der Waals surface area contributed by atoms with Crippen molar-refractivity contribution in [1.29, 1.82) is 0 Å². The van der Waals surface area contributed by atoms with E-state index in [1.54, 1.807) is 0 Å². The molecule has 6 heteroatoms. The second kappa shape index (κ2) is 24.4. The minimum atomic E-state index is 0.119. The Morgan fingerprint density at radius 3 is 0.990 bits per heavy atom. The second-order valence-corrected chi connectivity index (χ2v) is 29.4. The van der Waals surface area contributed by atoms with Gasteiger partial charge in [0.25, 0.3) is 0 Å². The minimum Gasteiger partial charge on any atom is -0.257 e. The van der Waals surface area contributed by atoms with Gasteiger partial charge >= 0.3 is 0 Å². The normalized spacial score (nSPS) is 15.7. The Morgan fingerprint density at radius 1 is 0.278 bits per heavy atom. The van der Waals surface area contributed by atoms with E-state index in [2.05, 4.69) is 296 Å². The highest BCUT2D eigenvalue weighted by molar-refractivity contribution is 5.88. The average Bonchev–Trinajstić information content (AvgIpc) is 1.57. The summed E-state index contributed by atoms with van der Waals surface area (Å²) in [5, 5.41) is 0. The number of pyridine rings is 6. The van der Waals surface area contributed by atoms with Crippen molar-refractivity contribution in [2.75, 3.05) is 0 Å². The zero-order chi connectivity index (χ0) is 66.5. The Labute approximate surface area is 574 Å². The van der Waals surface area contributed by atoms with E-state index in [1.165, 1.54) is 234 Å². The number of hydrogen-bond acceptors (Lipinski definition) is 3. The fourth-order valence-corrected chi connectivity index (χ4v) is 18.2. The Morgan fingerprint density at radius 2 is 0.619 bits per heavy atom. The molecule has 0 N–H and O–H groups in total. The summed E-state index contributed by atoms with van der Waals surface area (Å²) in [7, 11) is 6.47. The fraction of sp³-hybridized carbons (Fsp3) is 0.275. The lowest BCUT2D eigenvalue weighted by molar-refractivity contribution is -0.660. The van der Waals surface area contributed by atoms with Crippen LogP contribution in [0.1, 0.15) is 150 Å². The van der Waals surface area contributed by atoms with E-state index in [1.807, 2.05) is 0 Å². The zero-order valence-corrected chi connectivity index (χ0v) is 58.4. The third kappa shape index (κ3) is 10.5. The Hall–Kier alpha value is -9.78. The lowest BCUT2D eigenvalue weighted by Gasteiger charge is -2.26.